The predicted octanol–water partition coefficient (Wildman–Crippen LogP) is 1.79. The first-order valence-electron chi connectivity index (χ1n) is 5.70. The molecule has 5 nitrogen and oxygen atoms in total. The number of hydrogen-bond donors (Lipinski definition) is 1. The van der Waals surface area contributed by atoms with Crippen molar-refractivity contribution in [1.82, 2.24) is 19.9 Å². The van der Waals surface area contributed by atoms with Gasteiger partial charge in [0.25, 0.3) is 0 Å². The molecule has 0 fully saturated rings. The van der Waals surface area contributed by atoms with Crippen LogP contribution in [0, 0.1) is 6.92 Å². The van der Waals surface area contributed by atoms with Crippen molar-refractivity contribution in [1.29, 1.82) is 0 Å². The van der Waals surface area contributed by atoms with Crippen LogP contribution in [0.3, 0.4) is 0 Å². The summed E-state index contributed by atoms with van der Waals surface area (Å²) < 4.78 is 1.76. The van der Waals surface area contributed by atoms with Crippen molar-refractivity contribution in [2.24, 2.45) is 0 Å². The zero-order valence-electron chi connectivity index (χ0n) is 10.6. The van der Waals surface area contributed by atoms with Gasteiger partial charge in [-0.1, -0.05) is 0 Å². The highest BCUT2D eigenvalue weighted by Gasteiger charge is 2.17. The Bertz CT molecular complexity index is 591. The molecule has 0 saturated heterocycles. The third-order valence-electron chi connectivity index (χ3n) is 2.69. The number of nitrogens with zero attached hydrogens (tertiary/aromatic N) is 3. The van der Waals surface area contributed by atoms with Gasteiger partial charge in [-0.25, -0.2) is 9.97 Å². The van der Waals surface area contributed by atoms with Gasteiger partial charge in [-0.3, -0.25) is 4.79 Å². The molecule has 0 saturated carbocycles. The fraction of sp³-hybridized carbons (Fsp3) is 0.417. The van der Waals surface area contributed by atoms with Crippen LogP contribution in [-0.4, -0.2) is 27.5 Å². The molecule has 1 unspecified atom stereocenters. The minimum Gasteiger partial charge on any atom is -0.358 e. The number of hydrogen-bond acceptors (Lipinski definition) is 3. The van der Waals surface area contributed by atoms with Crippen LogP contribution in [-0.2, 0) is 11.3 Å². The molecule has 18 heavy (non-hydrogen) atoms. The largest absolute Gasteiger partial charge is 0.358 e. The predicted molar refractivity (Wildman–Crippen MR) is 70.6 cm³/mol. The zero-order valence-corrected chi connectivity index (χ0v) is 11.3. The first-order chi connectivity index (χ1) is 8.52. The lowest BCUT2D eigenvalue weighted by molar-refractivity contribution is -0.121. The first-order valence-corrected chi connectivity index (χ1v) is 6.14. The second kappa shape index (κ2) is 4.94. The Morgan fingerprint density at radius 2 is 2.33 bits per heavy atom. The average Bonchev–Trinajstić information content (AvgIpc) is 2.67. The molecule has 2 aromatic heterocycles. The maximum absolute atomic E-state index is 11.5. The summed E-state index contributed by atoms with van der Waals surface area (Å²) in [6.07, 6.45) is 1.76. The van der Waals surface area contributed by atoms with Gasteiger partial charge in [0.1, 0.15) is 17.9 Å². The van der Waals surface area contributed by atoms with E-state index >= 15 is 0 Å². The topological polar surface area (TPSA) is 59.8 Å². The second-order valence-electron chi connectivity index (χ2n) is 4.20. The number of halogens is 1. The van der Waals surface area contributed by atoms with E-state index in [0.29, 0.717) is 11.5 Å². The van der Waals surface area contributed by atoms with Gasteiger partial charge in [0.15, 0.2) is 5.65 Å². The number of imidazole rings is 1. The number of pyridine rings is 1. The highest BCUT2D eigenvalue weighted by molar-refractivity contribution is 6.20. The summed E-state index contributed by atoms with van der Waals surface area (Å²) in [5, 5.41) is 2.31. The van der Waals surface area contributed by atoms with E-state index in [9.17, 15) is 4.79 Å². The summed E-state index contributed by atoms with van der Waals surface area (Å²) in [6.45, 7) is 3.96. The standard InChI is InChI=1S/C12H15ClN4O/c1-7-4-9-12(15-5-7)17(6-10(18)14-3)11(16-9)8(2)13/h4-5,8H,6H2,1-3H3,(H,14,18). The molecule has 0 bridgehead atoms. The van der Waals surface area contributed by atoms with Crippen molar-refractivity contribution >= 4 is 28.7 Å². The van der Waals surface area contributed by atoms with E-state index in [1.807, 2.05) is 19.9 Å². The van der Waals surface area contributed by atoms with Crippen LogP contribution >= 0.6 is 11.6 Å². The minimum atomic E-state index is -0.274. The second-order valence-corrected chi connectivity index (χ2v) is 4.86. The highest BCUT2D eigenvalue weighted by atomic mass is 35.5. The van der Waals surface area contributed by atoms with Gasteiger partial charge in [0.2, 0.25) is 5.91 Å². The van der Waals surface area contributed by atoms with E-state index in [1.165, 1.54) is 0 Å². The molecule has 2 rings (SSSR count). The molecule has 0 aromatic carbocycles. The van der Waals surface area contributed by atoms with E-state index in [2.05, 4.69) is 15.3 Å². The minimum absolute atomic E-state index is 0.102. The first kappa shape index (κ1) is 12.8. The normalized spacial score (nSPS) is 12.7. The lowest BCUT2D eigenvalue weighted by Gasteiger charge is -2.08. The van der Waals surface area contributed by atoms with Crippen LogP contribution in [0.1, 0.15) is 23.7 Å². The molecule has 0 aliphatic heterocycles. The van der Waals surface area contributed by atoms with E-state index in [4.69, 9.17) is 11.6 Å². The number of carbonyl (C=O) groups is 1. The number of aromatic nitrogens is 3. The third kappa shape index (κ3) is 2.31. The van der Waals surface area contributed by atoms with Crippen LogP contribution in [0.5, 0.6) is 0 Å². The van der Waals surface area contributed by atoms with Crippen LogP contribution in [0.4, 0.5) is 0 Å². The molecule has 0 spiro atoms. The lowest BCUT2D eigenvalue weighted by atomic mass is 10.3. The maximum atomic E-state index is 11.5. The van der Waals surface area contributed by atoms with Crippen molar-refractivity contribution in [3.63, 3.8) is 0 Å². The Morgan fingerprint density at radius 3 is 2.94 bits per heavy atom. The van der Waals surface area contributed by atoms with E-state index in [0.717, 1.165) is 11.1 Å². The summed E-state index contributed by atoms with van der Waals surface area (Å²) in [5.41, 5.74) is 2.48. The number of nitrogens with one attached hydrogen (secondary N) is 1. The third-order valence-corrected chi connectivity index (χ3v) is 2.88. The van der Waals surface area contributed by atoms with E-state index in [-0.39, 0.29) is 17.8 Å². The monoisotopic (exact) mass is 266 g/mol. The van der Waals surface area contributed by atoms with Crippen LogP contribution < -0.4 is 5.32 Å². The summed E-state index contributed by atoms with van der Waals surface area (Å²) in [5.74, 6) is 0.559. The average molecular weight is 267 g/mol. The molecular weight excluding hydrogens is 252 g/mol. The van der Waals surface area contributed by atoms with E-state index < -0.39 is 0 Å². The molecular formula is C12H15ClN4O. The van der Waals surface area contributed by atoms with Crippen molar-refractivity contribution in [3.05, 3.63) is 23.7 Å². The van der Waals surface area contributed by atoms with Gasteiger partial charge < -0.3 is 9.88 Å². The number of carbonyl (C=O) groups excluding carboxylic acids is 1. The fourth-order valence-electron chi connectivity index (χ4n) is 1.81. The molecule has 1 N–H and O–H groups in total. The Balaban J connectivity index is 2.59. The number of rotatable bonds is 3. The molecule has 2 aromatic rings. The van der Waals surface area contributed by atoms with Gasteiger partial charge in [0, 0.05) is 13.2 Å². The summed E-state index contributed by atoms with van der Waals surface area (Å²) in [4.78, 5) is 20.3. The lowest BCUT2D eigenvalue weighted by Crippen LogP contribution is -2.24. The molecule has 1 amide bonds. The Kier molecular flexibility index (Phi) is 3.52. The van der Waals surface area contributed by atoms with Gasteiger partial charge in [-0.15, -0.1) is 11.6 Å². The van der Waals surface area contributed by atoms with Crippen molar-refractivity contribution < 1.29 is 4.79 Å². The smallest absolute Gasteiger partial charge is 0.239 e. The number of fused-ring (bicyclic) bond motifs is 1. The Labute approximate surface area is 110 Å². The van der Waals surface area contributed by atoms with Crippen molar-refractivity contribution in [2.45, 2.75) is 25.8 Å². The van der Waals surface area contributed by atoms with Gasteiger partial charge in [-0.2, -0.15) is 0 Å². The fourth-order valence-corrected chi connectivity index (χ4v) is 1.98. The SMILES string of the molecule is CNC(=O)Cn1c(C(C)Cl)nc2cc(C)cnc21. The van der Waals surface area contributed by atoms with Gasteiger partial charge in [0.05, 0.1) is 5.38 Å². The molecule has 1 atom stereocenters. The Morgan fingerprint density at radius 1 is 1.61 bits per heavy atom. The van der Waals surface area contributed by atoms with Crippen molar-refractivity contribution in [2.75, 3.05) is 7.05 Å². The molecule has 0 radical (unpaired) electrons. The van der Waals surface area contributed by atoms with Crippen LogP contribution in [0.15, 0.2) is 12.3 Å². The molecule has 0 aliphatic carbocycles. The van der Waals surface area contributed by atoms with Crippen molar-refractivity contribution in [3.8, 4) is 0 Å². The number of amides is 1. The zero-order chi connectivity index (χ0) is 13.3. The summed E-state index contributed by atoms with van der Waals surface area (Å²) in [7, 11) is 1.60. The number of aryl methyl sites for hydroxylation is 1. The van der Waals surface area contributed by atoms with Gasteiger partial charge >= 0.3 is 0 Å². The maximum Gasteiger partial charge on any atom is 0.239 e. The number of likely N-dealkylation sites (N-methyl/N-ethyl adjacent to an activating group) is 1. The van der Waals surface area contributed by atoms with Crippen LogP contribution in [0.2, 0.25) is 0 Å². The summed E-state index contributed by atoms with van der Waals surface area (Å²) in [6, 6.07) is 1.94. The quantitative estimate of drug-likeness (QED) is 0.862. The Hall–Kier alpha value is -1.62. The molecule has 2 heterocycles. The number of alkyl halides is 1. The van der Waals surface area contributed by atoms with Crippen LogP contribution in [0.25, 0.3) is 11.2 Å². The molecule has 6 heteroatoms. The van der Waals surface area contributed by atoms with Gasteiger partial charge in [-0.05, 0) is 25.5 Å². The molecule has 0 aliphatic rings. The summed E-state index contributed by atoms with van der Waals surface area (Å²) >= 11 is 6.10. The highest BCUT2D eigenvalue weighted by Crippen LogP contribution is 2.23. The molecule has 96 valence electrons. The van der Waals surface area contributed by atoms with E-state index in [1.54, 1.807) is 17.8 Å².